The molecule has 2 aliphatic rings. The molecule has 3 N–H and O–H groups in total. The number of hydrogen-bond acceptors (Lipinski definition) is 5. The van der Waals surface area contributed by atoms with E-state index in [0.29, 0.717) is 17.8 Å². The number of hydrogen-bond donors (Lipinski definition) is 2. The number of aromatic nitrogens is 2. The monoisotopic (exact) mass is 444 g/mol. The maximum atomic E-state index is 12.4. The lowest BCUT2D eigenvalue weighted by molar-refractivity contribution is 0.0118. The van der Waals surface area contributed by atoms with Gasteiger partial charge < -0.3 is 20.5 Å². The minimum absolute atomic E-state index is 0. The van der Waals surface area contributed by atoms with E-state index in [0.717, 1.165) is 67.6 Å². The number of benzene rings is 1. The van der Waals surface area contributed by atoms with E-state index >= 15 is 0 Å². The topological polar surface area (TPSA) is 93.1 Å². The number of amides is 1. The summed E-state index contributed by atoms with van der Waals surface area (Å²) in [5.41, 5.74) is 11.0. The molecule has 1 aliphatic heterocycles. The van der Waals surface area contributed by atoms with E-state index in [-0.39, 0.29) is 24.4 Å². The molecule has 5 rings (SSSR count). The predicted octanol–water partition coefficient (Wildman–Crippen LogP) is 2.72. The SMILES string of the molecule is COCC1(CO)CCN(c2c3c(c(C(N)=O)c4nc5ccccc5n24)CCC3)CC1.Cl. The minimum atomic E-state index is -0.405. The predicted molar refractivity (Wildman–Crippen MR) is 123 cm³/mol. The molecule has 1 amide bonds. The van der Waals surface area contributed by atoms with Gasteiger partial charge in [0, 0.05) is 25.6 Å². The van der Waals surface area contributed by atoms with Crippen molar-refractivity contribution >= 4 is 40.8 Å². The number of fused-ring (bicyclic) bond motifs is 4. The van der Waals surface area contributed by atoms with Gasteiger partial charge >= 0.3 is 0 Å². The summed E-state index contributed by atoms with van der Waals surface area (Å²) in [5.74, 6) is 0.734. The van der Waals surface area contributed by atoms with Crippen LogP contribution in [0.15, 0.2) is 24.3 Å². The fourth-order valence-corrected chi connectivity index (χ4v) is 5.38. The van der Waals surface area contributed by atoms with E-state index in [1.165, 1.54) is 5.56 Å². The number of rotatable bonds is 5. The number of piperidine rings is 1. The summed E-state index contributed by atoms with van der Waals surface area (Å²) in [6.07, 6.45) is 4.53. The van der Waals surface area contributed by atoms with E-state index in [1.54, 1.807) is 7.11 Å². The van der Waals surface area contributed by atoms with Gasteiger partial charge in [-0.1, -0.05) is 12.1 Å². The van der Waals surface area contributed by atoms with Crippen molar-refractivity contribution in [3.05, 3.63) is 41.0 Å². The van der Waals surface area contributed by atoms with Crippen molar-refractivity contribution in [2.75, 3.05) is 38.3 Å². The van der Waals surface area contributed by atoms with Crippen molar-refractivity contribution in [2.24, 2.45) is 11.1 Å². The number of para-hydroxylation sites is 2. The normalized spacial score (nSPS) is 17.7. The first kappa shape index (κ1) is 21.9. The first-order valence-electron chi connectivity index (χ1n) is 10.7. The molecular formula is C23H29ClN4O3. The summed E-state index contributed by atoms with van der Waals surface area (Å²) in [6.45, 7) is 2.36. The Kier molecular flexibility index (Phi) is 5.85. The molecule has 0 bridgehead atoms. The Bertz CT molecular complexity index is 1130. The zero-order chi connectivity index (χ0) is 20.9. The summed E-state index contributed by atoms with van der Waals surface area (Å²) in [7, 11) is 1.69. The number of halogens is 1. The molecule has 0 radical (unpaired) electrons. The average molecular weight is 445 g/mol. The van der Waals surface area contributed by atoms with E-state index in [9.17, 15) is 9.90 Å². The third kappa shape index (κ3) is 3.35. The number of pyridine rings is 1. The van der Waals surface area contributed by atoms with Crippen LogP contribution >= 0.6 is 12.4 Å². The highest BCUT2D eigenvalue weighted by Gasteiger charge is 2.37. The number of carbonyl (C=O) groups is 1. The quantitative estimate of drug-likeness (QED) is 0.631. The Morgan fingerprint density at radius 2 is 1.94 bits per heavy atom. The number of nitrogens with zero attached hydrogens (tertiary/aromatic N) is 3. The Labute approximate surface area is 187 Å². The van der Waals surface area contributed by atoms with Gasteiger partial charge in [-0.25, -0.2) is 4.98 Å². The lowest BCUT2D eigenvalue weighted by Gasteiger charge is -2.42. The van der Waals surface area contributed by atoms with Gasteiger partial charge in [0.15, 0.2) is 5.65 Å². The number of ether oxygens (including phenoxy) is 1. The van der Waals surface area contributed by atoms with Crippen molar-refractivity contribution < 1.29 is 14.6 Å². The number of methoxy groups -OCH3 is 1. The standard InChI is InChI=1S/C23H28N4O3.ClH/c1-30-14-23(13-28)9-11-26(12-10-23)22-16-6-4-5-15(16)19(20(24)29)21-25-17-7-2-3-8-18(17)27(21)22;/h2-3,7-8,28H,4-6,9-14H2,1H3,(H2,24,29);1H. The Morgan fingerprint density at radius 1 is 1.23 bits per heavy atom. The van der Waals surface area contributed by atoms with E-state index in [2.05, 4.69) is 15.4 Å². The summed E-state index contributed by atoms with van der Waals surface area (Å²) >= 11 is 0. The Morgan fingerprint density at radius 3 is 2.61 bits per heavy atom. The zero-order valence-electron chi connectivity index (χ0n) is 17.8. The smallest absolute Gasteiger partial charge is 0.252 e. The van der Waals surface area contributed by atoms with Crippen molar-refractivity contribution in [3.8, 4) is 0 Å². The van der Waals surface area contributed by atoms with Gasteiger partial charge in [0.2, 0.25) is 0 Å². The number of nitrogens with two attached hydrogens (primary N) is 1. The largest absolute Gasteiger partial charge is 0.396 e. The number of anilines is 1. The maximum absolute atomic E-state index is 12.4. The fraction of sp³-hybridized carbons (Fsp3) is 0.478. The molecule has 0 saturated carbocycles. The van der Waals surface area contributed by atoms with Crippen molar-refractivity contribution in [3.63, 3.8) is 0 Å². The first-order chi connectivity index (χ1) is 14.6. The second kappa shape index (κ2) is 8.30. The van der Waals surface area contributed by atoms with Crippen LogP contribution in [0.2, 0.25) is 0 Å². The summed E-state index contributed by atoms with van der Waals surface area (Å²) in [4.78, 5) is 19.7. The first-order valence-corrected chi connectivity index (χ1v) is 10.7. The third-order valence-electron chi connectivity index (χ3n) is 6.94. The highest BCUT2D eigenvalue weighted by atomic mass is 35.5. The number of imidazole rings is 1. The van der Waals surface area contributed by atoms with Crippen LogP contribution in [-0.2, 0) is 17.6 Å². The number of aliphatic hydroxyl groups is 1. The Hall–Kier alpha value is -2.35. The van der Waals surface area contributed by atoms with Gasteiger partial charge in [-0.3, -0.25) is 9.20 Å². The molecule has 3 heterocycles. The molecule has 31 heavy (non-hydrogen) atoms. The maximum Gasteiger partial charge on any atom is 0.252 e. The molecule has 8 heteroatoms. The van der Waals surface area contributed by atoms with Gasteiger partial charge in [-0.2, -0.15) is 0 Å². The third-order valence-corrected chi connectivity index (χ3v) is 6.94. The molecular weight excluding hydrogens is 416 g/mol. The molecule has 2 aromatic heterocycles. The van der Waals surface area contributed by atoms with Crippen LogP contribution < -0.4 is 10.6 Å². The second-order valence-corrected chi connectivity index (χ2v) is 8.71. The molecule has 1 fully saturated rings. The Balaban J connectivity index is 0.00000231. The van der Waals surface area contributed by atoms with Gasteiger partial charge in [0.05, 0.1) is 29.8 Å². The number of aliphatic hydroxyl groups excluding tert-OH is 1. The lowest BCUT2D eigenvalue weighted by Crippen LogP contribution is -2.45. The van der Waals surface area contributed by atoms with E-state index < -0.39 is 5.91 Å². The van der Waals surface area contributed by atoms with Crippen LogP contribution in [0.3, 0.4) is 0 Å². The van der Waals surface area contributed by atoms with Crippen LogP contribution in [0, 0.1) is 5.41 Å². The van der Waals surface area contributed by atoms with Crippen molar-refractivity contribution in [2.45, 2.75) is 32.1 Å². The van der Waals surface area contributed by atoms with Crippen LogP contribution in [-0.4, -0.2) is 53.8 Å². The van der Waals surface area contributed by atoms with Crippen LogP contribution in [0.25, 0.3) is 16.7 Å². The molecule has 0 unspecified atom stereocenters. The minimum Gasteiger partial charge on any atom is -0.396 e. The second-order valence-electron chi connectivity index (χ2n) is 8.71. The van der Waals surface area contributed by atoms with Gasteiger partial charge in [-0.15, -0.1) is 12.4 Å². The number of primary amides is 1. The van der Waals surface area contributed by atoms with Crippen molar-refractivity contribution in [1.29, 1.82) is 0 Å². The molecule has 1 saturated heterocycles. The molecule has 3 aromatic rings. The zero-order valence-corrected chi connectivity index (χ0v) is 18.6. The van der Waals surface area contributed by atoms with E-state index in [4.69, 9.17) is 15.5 Å². The molecule has 1 aliphatic carbocycles. The van der Waals surface area contributed by atoms with Gasteiger partial charge in [0.1, 0.15) is 5.82 Å². The fourth-order valence-electron chi connectivity index (χ4n) is 5.38. The molecule has 166 valence electrons. The summed E-state index contributed by atoms with van der Waals surface area (Å²) < 4.78 is 7.54. The molecule has 1 aromatic carbocycles. The molecule has 0 atom stereocenters. The summed E-state index contributed by atoms with van der Waals surface area (Å²) in [6, 6.07) is 8.00. The van der Waals surface area contributed by atoms with Crippen molar-refractivity contribution in [1.82, 2.24) is 9.38 Å². The summed E-state index contributed by atoms with van der Waals surface area (Å²) in [5, 5.41) is 10.00. The van der Waals surface area contributed by atoms with Gasteiger partial charge in [-0.05, 0) is 55.4 Å². The molecule has 0 spiro atoms. The van der Waals surface area contributed by atoms with E-state index in [1.807, 2.05) is 18.2 Å². The van der Waals surface area contributed by atoms with Gasteiger partial charge in [0.25, 0.3) is 5.91 Å². The number of carbonyl (C=O) groups excluding carboxylic acids is 1. The lowest BCUT2D eigenvalue weighted by atomic mass is 9.80. The van der Waals surface area contributed by atoms with Crippen LogP contribution in [0.4, 0.5) is 5.82 Å². The highest BCUT2D eigenvalue weighted by molar-refractivity contribution is 6.03. The van der Waals surface area contributed by atoms with Crippen LogP contribution in [0.5, 0.6) is 0 Å². The average Bonchev–Trinajstić information content (AvgIpc) is 3.37. The van der Waals surface area contributed by atoms with Crippen LogP contribution in [0.1, 0.15) is 40.7 Å². The highest BCUT2D eigenvalue weighted by Crippen LogP contribution is 2.41. The molecule has 7 nitrogen and oxygen atoms in total.